The van der Waals surface area contributed by atoms with E-state index in [9.17, 15) is 0 Å². The van der Waals surface area contributed by atoms with Gasteiger partial charge in [0.05, 0.1) is 6.33 Å². The molecule has 2 unspecified atom stereocenters. The summed E-state index contributed by atoms with van der Waals surface area (Å²) in [5.74, 6) is 0.495. The number of hydrogen-bond donors (Lipinski definition) is 1. The van der Waals surface area contributed by atoms with Gasteiger partial charge in [0.15, 0.2) is 0 Å². The van der Waals surface area contributed by atoms with Gasteiger partial charge in [0.2, 0.25) is 0 Å². The molecule has 2 atom stereocenters. The second-order valence-electron chi connectivity index (χ2n) is 4.43. The molecule has 0 bridgehead atoms. The highest BCUT2D eigenvalue weighted by atomic mass is 15.1. The third-order valence-corrected chi connectivity index (χ3v) is 3.31. The predicted molar refractivity (Wildman–Crippen MR) is 52.4 cm³/mol. The standard InChI is InChI=1S/C10H17N3/c1-4-13-6-12-5-7(13)8-9(11)10(8,2)3/h5-6,8-9H,4,11H2,1-3H3. The van der Waals surface area contributed by atoms with Crippen molar-refractivity contribution in [3.05, 3.63) is 18.2 Å². The van der Waals surface area contributed by atoms with Gasteiger partial charge in [-0.15, -0.1) is 0 Å². The van der Waals surface area contributed by atoms with Gasteiger partial charge in [0.25, 0.3) is 0 Å². The molecule has 0 aliphatic heterocycles. The van der Waals surface area contributed by atoms with Gasteiger partial charge >= 0.3 is 0 Å². The number of hydrogen-bond acceptors (Lipinski definition) is 2. The zero-order valence-electron chi connectivity index (χ0n) is 8.49. The maximum Gasteiger partial charge on any atom is 0.0948 e. The smallest absolute Gasteiger partial charge is 0.0948 e. The van der Waals surface area contributed by atoms with Crippen LogP contribution in [0, 0.1) is 5.41 Å². The van der Waals surface area contributed by atoms with Crippen molar-refractivity contribution in [1.82, 2.24) is 9.55 Å². The SMILES string of the molecule is CCn1cncc1C1C(N)C1(C)C. The molecular formula is C10H17N3. The van der Waals surface area contributed by atoms with Crippen molar-refractivity contribution in [3.8, 4) is 0 Å². The molecule has 13 heavy (non-hydrogen) atoms. The van der Waals surface area contributed by atoms with Crippen molar-refractivity contribution >= 4 is 0 Å². The van der Waals surface area contributed by atoms with Crippen LogP contribution in [0.5, 0.6) is 0 Å². The Balaban J connectivity index is 2.28. The Morgan fingerprint density at radius 1 is 1.62 bits per heavy atom. The summed E-state index contributed by atoms with van der Waals surface area (Å²) in [6.07, 6.45) is 3.83. The Kier molecular flexibility index (Phi) is 1.74. The lowest BCUT2D eigenvalue weighted by molar-refractivity contribution is 0.582. The zero-order chi connectivity index (χ0) is 9.64. The lowest BCUT2D eigenvalue weighted by Gasteiger charge is -2.05. The lowest BCUT2D eigenvalue weighted by atomic mass is 10.1. The second kappa shape index (κ2) is 2.58. The monoisotopic (exact) mass is 179 g/mol. The number of aromatic nitrogens is 2. The predicted octanol–water partition coefficient (Wildman–Crippen LogP) is 1.35. The minimum Gasteiger partial charge on any atom is -0.335 e. The number of rotatable bonds is 2. The van der Waals surface area contributed by atoms with E-state index in [0.717, 1.165) is 6.54 Å². The molecule has 0 aromatic carbocycles. The molecule has 0 spiro atoms. The van der Waals surface area contributed by atoms with E-state index < -0.39 is 0 Å². The van der Waals surface area contributed by atoms with Gasteiger partial charge in [0.1, 0.15) is 0 Å². The summed E-state index contributed by atoms with van der Waals surface area (Å²) >= 11 is 0. The topological polar surface area (TPSA) is 43.8 Å². The van der Waals surface area contributed by atoms with Crippen molar-refractivity contribution in [2.75, 3.05) is 0 Å². The molecule has 1 aromatic heterocycles. The van der Waals surface area contributed by atoms with Crippen molar-refractivity contribution in [3.63, 3.8) is 0 Å². The molecule has 0 amide bonds. The number of imidazole rings is 1. The van der Waals surface area contributed by atoms with Gasteiger partial charge < -0.3 is 10.3 Å². The summed E-state index contributed by atoms with van der Waals surface area (Å²) in [6, 6.07) is 0.300. The first kappa shape index (κ1) is 8.75. The normalized spacial score (nSPS) is 30.5. The maximum atomic E-state index is 6.02. The summed E-state index contributed by atoms with van der Waals surface area (Å²) in [6.45, 7) is 7.55. The quantitative estimate of drug-likeness (QED) is 0.744. The summed E-state index contributed by atoms with van der Waals surface area (Å²) < 4.78 is 2.18. The van der Waals surface area contributed by atoms with Gasteiger partial charge in [-0.25, -0.2) is 4.98 Å². The largest absolute Gasteiger partial charge is 0.335 e. The fourth-order valence-electron chi connectivity index (χ4n) is 2.10. The third-order valence-electron chi connectivity index (χ3n) is 3.31. The highest BCUT2D eigenvalue weighted by Gasteiger charge is 2.57. The second-order valence-corrected chi connectivity index (χ2v) is 4.43. The van der Waals surface area contributed by atoms with Gasteiger partial charge in [-0.1, -0.05) is 13.8 Å². The van der Waals surface area contributed by atoms with Crippen LogP contribution in [0.1, 0.15) is 32.4 Å². The molecule has 3 heteroatoms. The number of nitrogens with two attached hydrogens (primary N) is 1. The van der Waals surface area contributed by atoms with Crippen LogP contribution < -0.4 is 5.73 Å². The molecule has 1 heterocycles. The fraction of sp³-hybridized carbons (Fsp3) is 0.700. The van der Waals surface area contributed by atoms with Gasteiger partial charge in [-0.2, -0.15) is 0 Å². The Morgan fingerprint density at radius 2 is 2.23 bits per heavy atom. The van der Waals surface area contributed by atoms with Crippen molar-refractivity contribution in [2.45, 2.75) is 39.3 Å². The molecule has 0 radical (unpaired) electrons. The summed E-state index contributed by atoms with van der Waals surface area (Å²) in [5.41, 5.74) is 7.57. The molecule has 1 saturated carbocycles. The summed E-state index contributed by atoms with van der Waals surface area (Å²) in [7, 11) is 0. The molecular weight excluding hydrogens is 162 g/mol. The van der Waals surface area contributed by atoms with Crippen LogP contribution in [0.3, 0.4) is 0 Å². The van der Waals surface area contributed by atoms with E-state index in [4.69, 9.17) is 5.73 Å². The van der Waals surface area contributed by atoms with Crippen molar-refractivity contribution in [2.24, 2.45) is 11.1 Å². The number of nitrogens with zero attached hydrogens (tertiary/aromatic N) is 2. The summed E-state index contributed by atoms with van der Waals surface area (Å²) in [4.78, 5) is 4.16. The fourth-order valence-corrected chi connectivity index (χ4v) is 2.10. The molecule has 3 nitrogen and oxygen atoms in total. The Labute approximate surface area is 79.0 Å². The van der Waals surface area contributed by atoms with Crippen molar-refractivity contribution in [1.29, 1.82) is 0 Å². The molecule has 0 saturated heterocycles. The van der Waals surface area contributed by atoms with Crippen LogP contribution >= 0.6 is 0 Å². The minimum absolute atomic E-state index is 0.257. The van der Waals surface area contributed by atoms with Crippen LogP contribution in [0.4, 0.5) is 0 Å². The van der Waals surface area contributed by atoms with Crippen molar-refractivity contribution < 1.29 is 0 Å². The Bertz CT molecular complexity index is 314. The first-order valence-electron chi connectivity index (χ1n) is 4.84. The molecule has 2 N–H and O–H groups in total. The molecule has 1 aliphatic rings. The van der Waals surface area contributed by atoms with E-state index in [1.165, 1.54) is 5.69 Å². The number of aryl methyl sites for hydroxylation is 1. The highest BCUT2D eigenvalue weighted by Crippen LogP contribution is 2.57. The van der Waals surface area contributed by atoms with E-state index in [1.807, 2.05) is 12.5 Å². The average Bonchev–Trinajstić information content (AvgIpc) is 2.54. The van der Waals surface area contributed by atoms with E-state index in [0.29, 0.717) is 12.0 Å². The van der Waals surface area contributed by atoms with Gasteiger partial charge in [0, 0.05) is 30.4 Å². The molecule has 1 aromatic rings. The van der Waals surface area contributed by atoms with E-state index in [2.05, 4.69) is 30.3 Å². The average molecular weight is 179 g/mol. The van der Waals surface area contributed by atoms with Gasteiger partial charge in [-0.3, -0.25) is 0 Å². The van der Waals surface area contributed by atoms with E-state index >= 15 is 0 Å². The third kappa shape index (κ3) is 1.10. The zero-order valence-corrected chi connectivity index (χ0v) is 8.49. The van der Waals surface area contributed by atoms with Crippen LogP contribution in [0.25, 0.3) is 0 Å². The molecule has 1 fully saturated rings. The molecule has 1 aliphatic carbocycles. The minimum atomic E-state index is 0.257. The highest BCUT2D eigenvalue weighted by molar-refractivity contribution is 5.28. The van der Waals surface area contributed by atoms with Crippen LogP contribution in [0.2, 0.25) is 0 Å². The maximum absolute atomic E-state index is 6.02. The Hall–Kier alpha value is -0.830. The Morgan fingerprint density at radius 3 is 2.69 bits per heavy atom. The van der Waals surface area contributed by atoms with E-state index in [1.54, 1.807) is 0 Å². The van der Waals surface area contributed by atoms with Crippen LogP contribution in [0.15, 0.2) is 12.5 Å². The van der Waals surface area contributed by atoms with Gasteiger partial charge in [-0.05, 0) is 12.3 Å². The first-order chi connectivity index (χ1) is 6.09. The molecule has 72 valence electrons. The first-order valence-corrected chi connectivity index (χ1v) is 4.84. The summed E-state index contributed by atoms with van der Waals surface area (Å²) in [5, 5.41) is 0. The lowest BCUT2D eigenvalue weighted by Crippen LogP contribution is -2.07. The molecule has 2 rings (SSSR count). The van der Waals surface area contributed by atoms with E-state index in [-0.39, 0.29) is 5.41 Å². The van der Waals surface area contributed by atoms with Crippen LogP contribution in [-0.4, -0.2) is 15.6 Å². The van der Waals surface area contributed by atoms with Crippen LogP contribution in [-0.2, 0) is 6.54 Å².